The van der Waals surface area contributed by atoms with Gasteiger partial charge in [0.05, 0.1) is 11.1 Å². The molecule has 6 nitrogen and oxygen atoms in total. The number of amides is 3. The molecule has 0 aromatic heterocycles. The summed E-state index contributed by atoms with van der Waals surface area (Å²) in [6, 6.07) is 6.71. The van der Waals surface area contributed by atoms with Crippen LogP contribution in [0.3, 0.4) is 0 Å². The smallest absolute Gasteiger partial charge is 0.262 e. The Morgan fingerprint density at radius 3 is 2.04 bits per heavy atom. The van der Waals surface area contributed by atoms with Crippen LogP contribution in [0.15, 0.2) is 24.3 Å². The molecule has 0 radical (unpaired) electrons. The molecule has 0 spiro atoms. The maximum atomic E-state index is 12.5. The van der Waals surface area contributed by atoms with Crippen LogP contribution in [-0.4, -0.2) is 71.7 Å². The molecular formula is C18H23N3O3. The molecule has 2 heterocycles. The lowest BCUT2D eigenvalue weighted by atomic mass is 10.1. The molecule has 0 atom stereocenters. The number of carbonyl (C=O) groups excluding carboxylic acids is 3. The molecule has 0 unspecified atom stereocenters. The van der Waals surface area contributed by atoms with Crippen LogP contribution < -0.4 is 0 Å². The van der Waals surface area contributed by atoms with Crippen molar-refractivity contribution in [2.45, 2.75) is 13.8 Å². The zero-order valence-corrected chi connectivity index (χ0v) is 14.2. The van der Waals surface area contributed by atoms with Crippen molar-refractivity contribution in [2.75, 3.05) is 39.3 Å². The van der Waals surface area contributed by atoms with E-state index >= 15 is 0 Å². The number of fused-ring (bicyclic) bond motifs is 1. The predicted octanol–water partition coefficient (Wildman–Crippen LogP) is 1.08. The summed E-state index contributed by atoms with van der Waals surface area (Å²) in [5, 5.41) is 0. The van der Waals surface area contributed by atoms with Gasteiger partial charge in [0.1, 0.15) is 6.54 Å². The number of hydrogen-bond acceptors (Lipinski definition) is 4. The third-order valence-electron chi connectivity index (χ3n) is 4.52. The van der Waals surface area contributed by atoms with Gasteiger partial charge in [0.2, 0.25) is 5.91 Å². The summed E-state index contributed by atoms with van der Waals surface area (Å²) >= 11 is 0. The number of nitrogens with zero attached hydrogens (tertiary/aromatic N) is 3. The third-order valence-corrected chi connectivity index (χ3v) is 4.52. The summed E-state index contributed by atoms with van der Waals surface area (Å²) in [6.07, 6.45) is 0. The number of benzene rings is 1. The molecule has 1 saturated heterocycles. The largest absolute Gasteiger partial charge is 0.339 e. The fourth-order valence-electron chi connectivity index (χ4n) is 3.31. The average molecular weight is 329 g/mol. The first-order valence-electron chi connectivity index (χ1n) is 8.42. The second-order valence-electron chi connectivity index (χ2n) is 6.82. The molecule has 24 heavy (non-hydrogen) atoms. The van der Waals surface area contributed by atoms with E-state index in [2.05, 4.69) is 18.7 Å². The summed E-state index contributed by atoms with van der Waals surface area (Å²) in [5.74, 6) is -0.302. The number of hydrogen-bond donors (Lipinski definition) is 0. The van der Waals surface area contributed by atoms with Gasteiger partial charge in [-0.25, -0.2) is 0 Å². The molecule has 0 aliphatic carbocycles. The first-order valence-corrected chi connectivity index (χ1v) is 8.42. The first kappa shape index (κ1) is 16.6. The topological polar surface area (TPSA) is 60.9 Å². The highest BCUT2D eigenvalue weighted by atomic mass is 16.2. The van der Waals surface area contributed by atoms with Crippen LogP contribution in [0.4, 0.5) is 0 Å². The Morgan fingerprint density at radius 1 is 1.00 bits per heavy atom. The second-order valence-corrected chi connectivity index (χ2v) is 6.82. The lowest BCUT2D eigenvalue weighted by Gasteiger charge is -2.36. The van der Waals surface area contributed by atoms with E-state index in [1.807, 2.05) is 0 Å². The lowest BCUT2D eigenvalue weighted by molar-refractivity contribution is -0.133. The van der Waals surface area contributed by atoms with Crippen LogP contribution in [0.5, 0.6) is 0 Å². The summed E-state index contributed by atoms with van der Waals surface area (Å²) in [4.78, 5) is 42.3. The second kappa shape index (κ2) is 6.73. The molecule has 0 N–H and O–H groups in total. The van der Waals surface area contributed by atoms with Gasteiger partial charge >= 0.3 is 0 Å². The van der Waals surface area contributed by atoms with Gasteiger partial charge in [-0.2, -0.15) is 0 Å². The van der Waals surface area contributed by atoms with Crippen molar-refractivity contribution in [1.29, 1.82) is 0 Å². The van der Waals surface area contributed by atoms with E-state index in [-0.39, 0.29) is 24.3 Å². The Morgan fingerprint density at radius 2 is 1.54 bits per heavy atom. The zero-order chi connectivity index (χ0) is 17.3. The Kier molecular flexibility index (Phi) is 4.66. The zero-order valence-electron chi connectivity index (χ0n) is 14.2. The molecule has 6 heteroatoms. The fraction of sp³-hybridized carbons (Fsp3) is 0.500. The molecular weight excluding hydrogens is 306 g/mol. The molecule has 1 fully saturated rings. The summed E-state index contributed by atoms with van der Waals surface area (Å²) in [5.41, 5.74) is 0.772. The number of piperazine rings is 1. The van der Waals surface area contributed by atoms with Gasteiger partial charge in [-0.15, -0.1) is 0 Å². The lowest BCUT2D eigenvalue weighted by Crippen LogP contribution is -2.52. The Balaban J connectivity index is 1.59. The van der Waals surface area contributed by atoms with Crippen molar-refractivity contribution < 1.29 is 14.4 Å². The van der Waals surface area contributed by atoms with Gasteiger partial charge in [-0.1, -0.05) is 26.0 Å². The van der Waals surface area contributed by atoms with Crippen LogP contribution in [0, 0.1) is 5.92 Å². The molecule has 1 aromatic carbocycles. The van der Waals surface area contributed by atoms with Gasteiger partial charge in [0, 0.05) is 32.7 Å². The first-order chi connectivity index (χ1) is 11.5. The summed E-state index contributed by atoms with van der Waals surface area (Å²) in [7, 11) is 0. The molecule has 0 saturated carbocycles. The number of rotatable bonds is 4. The van der Waals surface area contributed by atoms with Crippen LogP contribution in [0.2, 0.25) is 0 Å². The van der Waals surface area contributed by atoms with E-state index in [4.69, 9.17) is 0 Å². The van der Waals surface area contributed by atoms with E-state index in [1.165, 1.54) is 0 Å². The molecule has 1 aromatic rings. The highest BCUT2D eigenvalue weighted by Gasteiger charge is 2.37. The van der Waals surface area contributed by atoms with E-state index in [1.54, 1.807) is 29.2 Å². The van der Waals surface area contributed by atoms with Crippen LogP contribution in [0.25, 0.3) is 0 Å². The number of carbonyl (C=O) groups is 3. The van der Waals surface area contributed by atoms with Gasteiger partial charge in [-0.3, -0.25) is 24.2 Å². The minimum absolute atomic E-state index is 0.159. The average Bonchev–Trinajstić information content (AvgIpc) is 2.80. The van der Waals surface area contributed by atoms with Crippen molar-refractivity contribution >= 4 is 17.7 Å². The molecule has 0 bridgehead atoms. The van der Waals surface area contributed by atoms with Crippen LogP contribution in [-0.2, 0) is 4.79 Å². The van der Waals surface area contributed by atoms with Gasteiger partial charge in [0.25, 0.3) is 11.8 Å². The van der Waals surface area contributed by atoms with Crippen molar-refractivity contribution in [3.05, 3.63) is 35.4 Å². The number of imide groups is 1. The van der Waals surface area contributed by atoms with E-state index < -0.39 is 0 Å². The van der Waals surface area contributed by atoms with E-state index in [0.29, 0.717) is 30.1 Å². The Hall–Kier alpha value is -2.21. The molecule has 2 aliphatic rings. The van der Waals surface area contributed by atoms with E-state index in [0.717, 1.165) is 24.5 Å². The Bertz CT molecular complexity index is 628. The summed E-state index contributed by atoms with van der Waals surface area (Å²) in [6.45, 7) is 8.19. The minimum Gasteiger partial charge on any atom is -0.339 e. The normalized spacial score (nSPS) is 18.5. The minimum atomic E-state index is -0.373. The van der Waals surface area contributed by atoms with Crippen LogP contribution in [0.1, 0.15) is 34.6 Å². The highest BCUT2D eigenvalue weighted by molar-refractivity contribution is 6.22. The monoisotopic (exact) mass is 329 g/mol. The van der Waals surface area contributed by atoms with Gasteiger partial charge < -0.3 is 4.90 Å². The maximum absolute atomic E-state index is 12.5. The Labute approximate surface area is 142 Å². The van der Waals surface area contributed by atoms with E-state index in [9.17, 15) is 14.4 Å². The molecule has 3 amide bonds. The van der Waals surface area contributed by atoms with Crippen molar-refractivity contribution in [3.63, 3.8) is 0 Å². The standard InChI is InChI=1S/C18H23N3O3/c1-13(2)11-19-7-9-20(10-8-19)16(22)12-21-17(23)14-5-3-4-6-15(14)18(21)24/h3-6,13H,7-12H2,1-2H3. The quantitative estimate of drug-likeness (QED) is 0.776. The van der Waals surface area contributed by atoms with Crippen molar-refractivity contribution in [3.8, 4) is 0 Å². The predicted molar refractivity (Wildman–Crippen MR) is 89.7 cm³/mol. The molecule has 128 valence electrons. The third kappa shape index (κ3) is 3.19. The van der Waals surface area contributed by atoms with Gasteiger partial charge in [-0.05, 0) is 18.1 Å². The van der Waals surface area contributed by atoms with Gasteiger partial charge in [0.15, 0.2) is 0 Å². The molecule has 2 aliphatic heterocycles. The van der Waals surface area contributed by atoms with Crippen LogP contribution >= 0.6 is 0 Å². The maximum Gasteiger partial charge on any atom is 0.262 e. The highest BCUT2D eigenvalue weighted by Crippen LogP contribution is 2.22. The fourth-order valence-corrected chi connectivity index (χ4v) is 3.31. The summed E-state index contributed by atoms with van der Waals surface area (Å²) < 4.78 is 0. The van der Waals surface area contributed by atoms with Crippen molar-refractivity contribution in [2.24, 2.45) is 5.92 Å². The molecule has 3 rings (SSSR count). The van der Waals surface area contributed by atoms with Crippen molar-refractivity contribution in [1.82, 2.24) is 14.7 Å². The SMILES string of the molecule is CC(C)CN1CCN(C(=O)CN2C(=O)c3ccccc3C2=O)CC1.